The molecule has 1 saturated carbocycles. The summed E-state index contributed by atoms with van der Waals surface area (Å²) >= 11 is 0. The summed E-state index contributed by atoms with van der Waals surface area (Å²) in [5.74, 6) is 0. The van der Waals surface area contributed by atoms with E-state index in [0.717, 1.165) is 36.9 Å². The Labute approximate surface area is 114 Å². The lowest BCUT2D eigenvalue weighted by atomic mass is 9.83. The van der Waals surface area contributed by atoms with Crippen LogP contribution in [0.4, 0.5) is 0 Å². The minimum atomic E-state index is -0.642. The summed E-state index contributed by atoms with van der Waals surface area (Å²) in [5.41, 5.74) is 8.33. The Balaban J connectivity index is 1.98. The molecule has 102 valence electrons. The summed E-state index contributed by atoms with van der Waals surface area (Å²) in [5, 5.41) is 14.5. The molecular weight excluding hydrogens is 236 g/mol. The smallest absolute Gasteiger partial charge is 0.0889 e. The minimum Gasteiger partial charge on any atom is -0.403 e. The molecule has 2 aliphatic rings. The van der Waals surface area contributed by atoms with Crippen LogP contribution in [0.15, 0.2) is 30.5 Å². The molecule has 0 saturated heterocycles. The molecule has 0 amide bonds. The van der Waals surface area contributed by atoms with E-state index in [-0.39, 0.29) is 6.04 Å². The van der Waals surface area contributed by atoms with Crippen molar-refractivity contribution >= 4 is 5.70 Å². The fourth-order valence-electron chi connectivity index (χ4n) is 3.50. The van der Waals surface area contributed by atoms with Crippen LogP contribution in [0.25, 0.3) is 5.70 Å². The van der Waals surface area contributed by atoms with Gasteiger partial charge in [0.05, 0.1) is 17.3 Å². The van der Waals surface area contributed by atoms with Gasteiger partial charge in [-0.1, -0.05) is 49.9 Å². The molecule has 4 N–H and O–H groups in total. The molecule has 19 heavy (non-hydrogen) atoms. The summed E-state index contributed by atoms with van der Waals surface area (Å²) in [6.45, 7) is 0. The van der Waals surface area contributed by atoms with Crippen molar-refractivity contribution in [3.05, 3.63) is 41.6 Å². The molecule has 3 rings (SSSR count). The first-order chi connectivity index (χ1) is 9.24. The van der Waals surface area contributed by atoms with Gasteiger partial charge in [0.1, 0.15) is 0 Å². The zero-order valence-corrected chi connectivity index (χ0v) is 11.2. The van der Waals surface area contributed by atoms with E-state index in [1.54, 1.807) is 6.20 Å². The number of hydrogen-bond acceptors (Lipinski definition) is 3. The second-order valence-electron chi connectivity index (χ2n) is 5.76. The van der Waals surface area contributed by atoms with Crippen molar-refractivity contribution in [1.82, 2.24) is 5.32 Å². The zero-order valence-electron chi connectivity index (χ0n) is 11.2. The Morgan fingerprint density at radius 2 is 1.84 bits per heavy atom. The van der Waals surface area contributed by atoms with Gasteiger partial charge in [-0.05, 0) is 18.4 Å². The van der Waals surface area contributed by atoms with Crippen LogP contribution in [-0.2, 0) is 0 Å². The van der Waals surface area contributed by atoms with E-state index in [9.17, 15) is 5.11 Å². The Bertz CT molecular complexity index is 487. The van der Waals surface area contributed by atoms with Gasteiger partial charge in [0.2, 0.25) is 0 Å². The summed E-state index contributed by atoms with van der Waals surface area (Å²) in [6.07, 6.45) is 8.04. The average Bonchev–Trinajstić information content (AvgIpc) is 2.68. The number of hydrogen-bond donors (Lipinski definition) is 3. The van der Waals surface area contributed by atoms with Gasteiger partial charge in [-0.15, -0.1) is 0 Å². The predicted octanol–water partition coefficient (Wildman–Crippen LogP) is 2.67. The van der Waals surface area contributed by atoms with Crippen molar-refractivity contribution in [2.45, 2.75) is 50.2 Å². The van der Waals surface area contributed by atoms with Crippen molar-refractivity contribution in [2.75, 3.05) is 0 Å². The van der Waals surface area contributed by atoms with E-state index in [4.69, 9.17) is 5.73 Å². The van der Waals surface area contributed by atoms with Gasteiger partial charge < -0.3 is 16.2 Å². The number of nitrogens with two attached hydrogens (primary N) is 1. The highest BCUT2D eigenvalue weighted by Crippen LogP contribution is 2.43. The molecule has 1 atom stereocenters. The van der Waals surface area contributed by atoms with Crippen LogP contribution in [0.1, 0.15) is 55.7 Å². The van der Waals surface area contributed by atoms with Gasteiger partial charge in [-0.3, -0.25) is 0 Å². The van der Waals surface area contributed by atoms with Gasteiger partial charge in [0, 0.05) is 11.8 Å². The lowest BCUT2D eigenvalue weighted by molar-refractivity contribution is -0.00658. The Hall–Kier alpha value is -1.48. The maximum absolute atomic E-state index is 11.1. The fraction of sp³-hybridized carbons (Fsp3) is 0.500. The van der Waals surface area contributed by atoms with E-state index in [1.807, 2.05) is 12.1 Å². The molecule has 0 spiro atoms. The number of aliphatic hydroxyl groups is 1. The van der Waals surface area contributed by atoms with Crippen LogP contribution in [-0.4, -0.2) is 10.7 Å². The van der Waals surface area contributed by atoms with Crippen LogP contribution in [0.2, 0.25) is 0 Å². The molecule has 0 radical (unpaired) electrons. The average molecular weight is 258 g/mol. The molecule has 1 fully saturated rings. The largest absolute Gasteiger partial charge is 0.403 e. The highest BCUT2D eigenvalue weighted by molar-refractivity contribution is 5.72. The van der Waals surface area contributed by atoms with E-state index in [0.29, 0.717) is 0 Å². The van der Waals surface area contributed by atoms with Crippen LogP contribution in [0, 0.1) is 0 Å². The SMILES string of the molecule is N/C=C1\NC(C2(O)CCCCCC2)c2ccccc21. The summed E-state index contributed by atoms with van der Waals surface area (Å²) in [6, 6.07) is 8.21. The molecular formula is C16H22N2O. The monoisotopic (exact) mass is 258 g/mol. The van der Waals surface area contributed by atoms with E-state index in [1.165, 1.54) is 18.4 Å². The van der Waals surface area contributed by atoms with Crippen molar-refractivity contribution in [2.24, 2.45) is 5.73 Å². The second-order valence-corrected chi connectivity index (χ2v) is 5.76. The summed E-state index contributed by atoms with van der Waals surface area (Å²) < 4.78 is 0. The van der Waals surface area contributed by atoms with Gasteiger partial charge in [-0.2, -0.15) is 0 Å². The van der Waals surface area contributed by atoms with E-state index < -0.39 is 5.60 Å². The first-order valence-electron chi connectivity index (χ1n) is 7.25. The molecule has 1 heterocycles. The number of fused-ring (bicyclic) bond motifs is 1. The summed E-state index contributed by atoms with van der Waals surface area (Å²) in [4.78, 5) is 0. The highest BCUT2D eigenvalue weighted by Gasteiger charge is 2.42. The molecule has 1 aliphatic heterocycles. The highest BCUT2D eigenvalue weighted by atomic mass is 16.3. The standard InChI is InChI=1S/C16H22N2O/c17-11-14-12-7-3-4-8-13(12)15(18-14)16(19)9-5-1-2-6-10-16/h3-4,7-8,11,15,18-19H,1-2,5-6,9-10,17H2/b14-11-. The number of nitrogens with one attached hydrogen (secondary N) is 1. The van der Waals surface area contributed by atoms with Gasteiger partial charge in [0.25, 0.3) is 0 Å². The van der Waals surface area contributed by atoms with Crippen LogP contribution < -0.4 is 11.1 Å². The van der Waals surface area contributed by atoms with Crippen LogP contribution >= 0.6 is 0 Å². The molecule has 3 heteroatoms. The number of benzene rings is 1. The fourth-order valence-corrected chi connectivity index (χ4v) is 3.50. The molecule has 0 bridgehead atoms. The summed E-state index contributed by atoms with van der Waals surface area (Å²) in [7, 11) is 0. The molecule has 3 nitrogen and oxygen atoms in total. The third-order valence-corrected chi connectivity index (χ3v) is 4.54. The first-order valence-corrected chi connectivity index (χ1v) is 7.25. The maximum Gasteiger partial charge on any atom is 0.0889 e. The van der Waals surface area contributed by atoms with Gasteiger partial charge in [0.15, 0.2) is 0 Å². The third-order valence-electron chi connectivity index (χ3n) is 4.54. The Morgan fingerprint density at radius 3 is 2.53 bits per heavy atom. The first kappa shape index (κ1) is 12.5. The van der Waals surface area contributed by atoms with Gasteiger partial charge in [-0.25, -0.2) is 0 Å². The van der Waals surface area contributed by atoms with Crippen LogP contribution in [0.3, 0.4) is 0 Å². The van der Waals surface area contributed by atoms with E-state index in [2.05, 4.69) is 17.4 Å². The molecule has 1 unspecified atom stereocenters. The van der Waals surface area contributed by atoms with Crippen molar-refractivity contribution in [3.63, 3.8) is 0 Å². The van der Waals surface area contributed by atoms with E-state index >= 15 is 0 Å². The topological polar surface area (TPSA) is 58.3 Å². The lowest BCUT2D eigenvalue weighted by Crippen LogP contribution is -2.40. The molecule has 1 aromatic carbocycles. The lowest BCUT2D eigenvalue weighted by Gasteiger charge is -2.34. The quantitative estimate of drug-likeness (QED) is 0.679. The van der Waals surface area contributed by atoms with Crippen LogP contribution in [0.5, 0.6) is 0 Å². The van der Waals surface area contributed by atoms with Crippen molar-refractivity contribution < 1.29 is 5.11 Å². The van der Waals surface area contributed by atoms with Crippen molar-refractivity contribution in [3.8, 4) is 0 Å². The maximum atomic E-state index is 11.1. The normalized spacial score (nSPS) is 27.6. The predicted molar refractivity (Wildman–Crippen MR) is 77.1 cm³/mol. The molecule has 0 aromatic heterocycles. The Morgan fingerprint density at radius 1 is 1.16 bits per heavy atom. The molecule has 1 aromatic rings. The van der Waals surface area contributed by atoms with Crippen molar-refractivity contribution in [1.29, 1.82) is 0 Å². The Kier molecular flexibility index (Phi) is 3.23. The minimum absolute atomic E-state index is 0.0170. The van der Waals surface area contributed by atoms with Gasteiger partial charge >= 0.3 is 0 Å². The second kappa shape index (κ2) is 4.89. The number of rotatable bonds is 1. The molecule has 1 aliphatic carbocycles. The third kappa shape index (κ3) is 2.12. The zero-order chi connectivity index (χ0) is 13.3.